The second kappa shape index (κ2) is 7.64. The lowest BCUT2D eigenvalue weighted by atomic mass is 10.1. The largest absolute Gasteiger partial charge is 0.417 e. The van der Waals surface area contributed by atoms with Gasteiger partial charge < -0.3 is 4.84 Å². The minimum atomic E-state index is 0.0439. The van der Waals surface area contributed by atoms with Gasteiger partial charge in [0, 0.05) is 0 Å². The van der Waals surface area contributed by atoms with E-state index in [0.29, 0.717) is 9.86 Å². The maximum absolute atomic E-state index is 12.4. The fourth-order valence-corrected chi connectivity index (χ4v) is 3.22. The van der Waals surface area contributed by atoms with Crippen LogP contribution in [0.15, 0.2) is 33.5 Å². The van der Waals surface area contributed by atoms with Gasteiger partial charge in [-0.15, -0.1) is 0 Å². The van der Waals surface area contributed by atoms with Crippen LogP contribution in [0.3, 0.4) is 0 Å². The van der Waals surface area contributed by atoms with Crippen LogP contribution in [0.1, 0.15) is 44.7 Å². The first-order valence-electron chi connectivity index (χ1n) is 7.57. The molecule has 1 aromatic carbocycles. The van der Waals surface area contributed by atoms with E-state index in [1.54, 1.807) is 11.8 Å². The molecule has 0 aliphatic heterocycles. The minimum Gasteiger partial charge on any atom is -0.417 e. The van der Waals surface area contributed by atoms with Gasteiger partial charge in [0.15, 0.2) is 0 Å². The van der Waals surface area contributed by atoms with Crippen molar-refractivity contribution in [3.63, 3.8) is 0 Å². The number of hydrogen-bond acceptors (Lipinski definition) is 2. The van der Waals surface area contributed by atoms with Gasteiger partial charge in [-0.25, -0.2) is 0 Å². The third-order valence-corrected chi connectivity index (χ3v) is 4.58. The third-order valence-electron chi connectivity index (χ3n) is 3.77. The molecule has 3 nitrogen and oxygen atoms in total. The van der Waals surface area contributed by atoms with Crippen LogP contribution in [0.5, 0.6) is 0 Å². The molecule has 0 atom stereocenters. The highest BCUT2D eigenvalue weighted by Crippen LogP contribution is 2.21. The number of hydrogen-bond donors (Lipinski definition) is 0. The van der Waals surface area contributed by atoms with Gasteiger partial charge in [0.05, 0.1) is 21.1 Å². The molecule has 0 aliphatic carbocycles. The summed E-state index contributed by atoms with van der Waals surface area (Å²) in [5.41, 5.74) is 1.80. The topological polar surface area (TPSA) is 31.2 Å². The number of unbranched alkanes of at least 4 members (excludes halogenated alkanes) is 4. The lowest BCUT2D eigenvalue weighted by Gasteiger charge is -2.16. The van der Waals surface area contributed by atoms with Crippen LogP contribution in [0.4, 0.5) is 0 Å². The summed E-state index contributed by atoms with van der Waals surface area (Å²) in [6.45, 7) is 2.21. The third kappa shape index (κ3) is 3.49. The van der Waals surface area contributed by atoms with E-state index in [9.17, 15) is 4.79 Å². The van der Waals surface area contributed by atoms with Crippen LogP contribution in [0.2, 0.25) is 0 Å². The fraction of sp³-hybridized carbons (Fsp3) is 0.471. The Balaban J connectivity index is 2.34. The molecule has 0 amide bonds. The van der Waals surface area contributed by atoms with Gasteiger partial charge in [0.1, 0.15) is 7.11 Å². The van der Waals surface area contributed by atoms with Gasteiger partial charge in [-0.1, -0.05) is 44.7 Å². The highest BCUT2D eigenvalue weighted by molar-refractivity contribution is 9.10. The molecule has 1 aromatic heterocycles. The Morgan fingerprint density at radius 2 is 1.86 bits per heavy atom. The minimum absolute atomic E-state index is 0.0439. The van der Waals surface area contributed by atoms with E-state index in [4.69, 9.17) is 4.84 Å². The van der Waals surface area contributed by atoms with Crippen LogP contribution in [0, 0.1) is 0 Å². The Morgan fingerprint density at radius 1 is 1.14 bits per heavy atom. The molecule has 0 N–H and O–H groups in total. The summed E-state index contributed by atoms with van der Waals surface area (Å²) in [5, 5.41) is 0.681. The summed E-state index contributed by atoms with van der Waals surface area (Å²) in [6.07, 6.45) is 6.86. The summed E-state index contributed by atoms with van der Waals surface area (Å²) < 4.78 is 2.40. The van der Waals surface area contributed by atoms with E-state index in [1.807, 2.05) is 24.3 Å². The first-order chi connectivity index (χ1) is 10.2. The zero-order valence-corrected chi connectivity index (χ0v) is 14.3. The van der Waals surface area contributed by atoms with Gasteiger partial charge in [0.25, 0.3) is 0 Å². The molecular weight excluding hydrogens is 330 g/mol. The zero-order chi connectivity index (χ0) is 15.2. The second-order valence-corrected chi connectivity index (χ2v) is 6.04. The van der Waals surface area contributed by atoms with E-state index in [2.05, 4.69) is 22.9 Å². The molecule has 0 spiro atoms. The number of fused-ring (bicyclic) bond motifs is 1. The van der Waals surface area contributed by atoms with Gasteiger partial charge in [0.2, 0.25) is 5.43 Å². The number of pyridine rings is 1. The lowest BCUT2D eigenvalue weighted by Crippen LogP contribution is -2.20. The maximum Gasteiger partial charge on any atom is 0.204 e. The maximum atomic E-state index is 12.4. The molecular formula is C17H22BrNO2. The Labute approximate surface area is 134 Å². The van der Waals surface area contributed by atoms with Crippen molar-refractivity contribution in [2.75, 3.05) is 7.11 Å². The smallest absolute Gasteiger partial charge is 0.204 e. The van der Waals surface area contributed by atoms with Crippen LogP contribution < -0.4 is 10.3 Å². The SMILES string of the molecule is CCCCCCCc1c(Br)c(=O)c2ccccc2n1OC. The summed E-state index contributed by atoms with van der Waals surface area (Å²) in [7, 11) is 1.64. The number of benzene rings is 1. The standard InChI is InChI=1S/C17H22BrNO2/c1-3-4-5-6-7-12-15-16(18)17(20)13-10-8-9-11-14(13)19(15)21-2/h8-11H,3-7,12H2,1-2H3. The zero-order valence-electron chi connectivity index (χ0n) is 12.7. The average Bonchev–Trinajstić information content (AvgIpc) is 2.52. The molecule has 1 heterocycles. The first kappa shape index (κ1) is 16.1. The Kier molecular flexibility index (Phi) is 5.85. The summed E-state index contributed by atoms with van der Waals surface area (Å²) in [5.74, 6) is 0. The van der Waals surface area contributed by atoms with Crippen molar-refractivity contribution in [1.29, 1.82) is 0 Å². The molecule has 2 rings (SSSR count). The number of nitrogens with zero attached hydrogens (tertiary/aromatic N) is 1. The molecule has 2 aromatic rings. The Morgan fingerprint density at radius 3 is 2.57 bits per heavy atom. The van der Waals surface area contributed by atoms with E-state index >= 15 is 0 Å². The summed E-state index contributed by atoms with van der Waals surface area (Å²) in [4.78, 5) is 18.0. The molecule has 0 saturated heterocycles. The average molecular weight is 352 g/mol. The highest BCUT2D eigenvalue weighted by atomic mass is 79.9. The van der Waals surface area contributed by atoms with Gasteiger partial charge in [-0.2, -0.15) is 4.73 Å². The number of aromatic nitrogens is 1. The van der Waals surface area contributed by atoms with E-state index in [1.165, 1.54) is 25.7 Å². The fourth-order valence-electron chi connectivity index (χ4n) is 2.64. The number of halogens is 1. The monoisotopic (exact) mass is 351 g/mol. The van der Waals surface area contributed by atoms with Crippen molar-refractivity contribution in [2.45, 2.75) is 45.4 Å². The molecule has 21 heavy (non-hydrogen) atoms. The van der Waals surface area contributed by atoms with Crippen molar-refractivity contribution in [1.82, 2.24) is 4.73 Å². The molecule has 0 saturated carbocycles. The van der Waals surface area contributed by atoms with E-state index < -0.39 is 0 Å². The van der Waals surface area contributed by atoms with Crippen molar-refractivity contribution in [3.05, 3.63) is 44.7 Å². The Hall–Kier alpha value is -1.29. The lowest BCUT2D eigenvalue weighted by molar-refractivity contribution is 0.168. The molecule has 114 valence electrons. The van der Waals surface area contributed by atoms with Crippen LogP contribution in [-0.2, 0) is 6.42 Å². The normalized spacial score (nSPS) is 11.0. The van der Waals surface area contributed by atoms with E-state index in [-0.39, 0.29) is 5.43 Å². The molecule has 0 unspecified atom stereocenters. The summed E-state index contributed by atoms with van der Waals surface area (Å²) in [6, 6.07) is 7.56. The molecule has 0 fully saturated rings. The first-order valence-corrected chi connectivity index (χ1v) is 8.36. The van der Waals surface area contributed by atoms with Crippen LogP contribution >= 0.6 is 15.9 Å². The molecule has 0 bridgehead atoms. The highest BCUT2D eigenvalue weighted by Gasteiger charge is 2.15. The molecule has 4 heteroatoms. The van der Waals surface area contributed by atoms with Gasteiger partial charge >= 0.3 is 0 Å². The predicted octanol–water partition coefficient (Wildman–Crippen LogP) is 4.34. The van der Waals surface area contributed by atoms with Gasteiger partial charge in [-0.3, -0.25) is 4.79 Å². The van der Waals surface area contributed by atoms with Crippen molar-refractivity contribution in [2.24, 2.45) is 0 Å². The molecule has 0 aliphatic rings. The summed E-state index contributed by atoms with van der Waals surface area (Å²) >= 11 is 3.46. The van der Waals surface area contributed by atoms with Crippen molar-refractivity contribution in [3.8, 4) is 0 Å². The predicted molar refractivity (Wildman–Crippen MR) is 90.9 cm³/mol. The number of para-hydroxylation sites is 1. The van der Waals surface area contributed by atoms with Crippen molar-refractivity contribution >= 4 is 26.8 Å². The van der Waals surface area contributed by atoms with E-state index in [0.717, 1.165) is 24.1 Å². The number of rotatable bonds is 7. The quantitative estimate of drug-likeness (QED) is 0.695. The van der Waals surface area contributed by atoms with Crippen LogP contribution in [0.25, 0.3) is 10.9 Å². The van der Waals surface area contributed by atoms with Crippen molar-refractivity contribution < 1.29 is 4.84 Å². The Bertz CT molecular complexity index is 664. The van der Waals surface area contributed by atoms with Gasteiger partial charge in [-0.05, 0) is 40.9 Å². The molecule has 0 radical (unpaired) electrons. The van der Waals surface area contributed by atoms with Crippen LogP contribution in [-0.4, -0.2) is 11.8 Å². The second-order valence-electron chi connectivity index (χ2n) is 5.25.